The first-order chi connectivity index (χ1) is 14.9. The van der Waals surface area contributed by atoms with Crippen LogP contribution in [0.5, 0.6) is 5.75 Å². The second kappa shape index (κ2) is 10.0. The zero-order valence-electron chi connectivity index (χ0n) is 17.6. The Kier molecular flexibility index (Phi) is 7.19. The number of carbonyl (C=O) groups is 1. The van der Waals surface area contributed by atoms with E-state index in [2.05, 4.69) is 19.9 Å². The maximum absolute atomic E-state index is 11.8. The van der Waals surface area contributed by atoms with E-state index in [0.717, 1.165) is 17.5 Å². The van der Waals surface area contributed by atoms with Crippen molar-refractivity contribution in [3.63, 3.8) is 0 Å². The number of rotatable bonds is 5. The molecule has 0 atom stereocenters. The molecule has 8 nitrogen and oxygen atoms in total. The third-order valence-corrected chi connectivity index (χ3v) is 4.99. The van der Waals surface area contributed by atoms with Crippen molar-refractivity contribution in [3.8, 4) is 17.1 Å². The number of hydrogen-bond acceptors (Lipinski definition) is 8. The molecule has 160 valence electrons. The molecule has 3 aromatic rings. The maximum atomic E-state index is 11.8. The first-order valence-corrected chi connectivity index (χ1v) is 10.7. The third-order valence-electron chi connectivity index (χ3n) is 4.32. The molecule has 0 fully saturated rings. The third kappa shape index (κ3) is 5.58. The SMILES string of the molecule is CCc1cc(O)cc(C(=Nc2ccc(-c3noc(C)n3)cc2)C(=NC(=O)OC)SC)c1. The Labute approximate surface area is 184 Å². The number of phenols is 1. The number of carbonyl (C=O) groups excluding carboxylic acids is 1. The Morgan fingerprint density at radius 3 is 2.55 bits per heavy atom. The highest BCUT2D eigenvalue weighted by Crippen LogP contribution is 2.24. The van der Waals surface area contributed by atoms with Gasteiger partial charge < -0.3 is 14.4 Å². The molecule has 1 heterocycles. The quantitative estimate of drug-likeness (QED) is 0.443. The monoisotopic (exact) mass is 438 g/mol. The van der Waals surface area contributed by atoms with E-state index < -0.39 is 6.09 Å². The molecule has 1 amide bonds. The summed E-state index contributed by atoms with van der Waals surface area (Å²) in [4.78, 5) is 24.8. The van der Waals surface area contributed by atoms with Crippen molar-refractivity contribution < 1.29 is 19.2 Å². The van der Waals surface area contributed by atoms with Crippen LogP contribution in [0.15, 0.2) is 57.0 Å². The predicted molar refractivity (Wildman–Crippen MR) is 122 cm³/mol. The van der Waals surface area contributed by atoms with E-state index in [-0.39, 0.29) is 5.75 Å². The number of aromatic nitrogens is 2. The van der Waals surface area contributed by atoms with Crippen LogP contribution in [0.4, 0.5) is 10.5 Å². The zero-order valence-corrected chi connectivity index (χ0v) is 18.4. The summed E-state index contributed by atoms with van der Waals surface area (Å²) in [5.41, 5.74) is 3.45. The van der Waals surface area contributed by atoms with E-state index in [4.69, 9.17) is 9.52 Å². The minimum atomic E-state index is -0.726. The molecule has 0 saturated heterocycles. The summed E-state index contributed by atoms with van der Waals surface area (Å²) in [6, 6.07) is 12.5. The van der Waals surface area contributed by atoms with Gasteiger partial charge in [-0.2, -0.15) is 9.98 Å². The molecular weight excluding hydrogens is 416 g/mol. The highest BCUT2D eigenvalue weighted by molar-refractivity contribution is 8.15. The number of nitrogens with zero attached hydrogens (tertiary/aromatic N) is 4. The van der Waals surface area contributed by atoms with Crippen LogP contribution in [0.25, 0.3) is 11.4 Å². The van der Waals surface area contributed by atoms with Crippen LogP contribution in [0.3, 0.4) is 0 Å². The number of aromatic hydroxyl groups is 1. The molecule has 0 radical (unpaired) electrons. The molecule has 0 aliphatic rings. The predicted octanol–water partition coefficient (Wildman–Crippen LogP) is 4.96. The molecule has 1 N–H and O–H groups in total. The number of aliphatic imine (C=N–C) groups is 2. The number of hydrogen-bond donors (Lipinski definition) is 1. The number of thioether (sulfide) groups is 1. The number of phenolic OH excluding ortho intramolecular Hbond substituents is 1. The van der Waals surface area contributed by atoms with Gasteiger partial charge in [-0.05, 0) is 60.7 Å². The van der Waals surface area contributed by atoms with Gasteiger partial charge in [0.1, 0.15) is 16.5 Å². The molecule has 31 heavy (non-hydrogen) atoms. The van der Waals surface area contributed by atoms with Gasteiger partial charge in [-0.15, -0.1) is 11.8 Å². The average molecular weight is 439 g/mol. The van der Waals surface area contributed by atoms with Gasteiger partial charge in [0.15, 0.2) is 0 Å². The van der Waals surface area contributed by atoms with Crippen LogP contribution in [0.1, 0.15) is 23.9 Å². The fourth-order valence-electron chi connectivity index (χ4n) is 2.81. The van der Waals surface area contributed by atoms with Gasteiger partial charge in [0.05, 0.1) is 12.8 Å². The van der Waals surface area contributed by atoms with E-state index >= 15 is 0 Å². The molecule has 3 rings (SSSR count). The van der Waals surface area contributed by atoms with Crippen LogP contribution in [0.2, 0.25) is 0 Å². The highest BCUT2D eigenvalue weighted by atomic mass is 32.2. The lowest BCUT2D eigenvalue weighted by Crippen LogP contribution is -2.14. The Morgan fingerprint density at radius 2 is 1.97 bits per heavy atom. The van der Waals surface area contributed by atoms with Crippen molar-refractivity contribution in [2.45, 2.75) is 20.3 Å². The van der Waals surface area contributed by atoms with Gasteiger partial charge in [-0.3, -0.25) is 0 Å². The molecule has 0 aliphatic heterocycles. The van der Waals surface area contributed by atoms with Crippen molar-refractivity contribution in [1.82, 2.24) is 10.1 Å². The van der Waals surface area contributed by atoms with Crippen molar-refractivity contribution in [1.29, 1.82) is 0 Å². The Morgan fingerprint density at radius 1 is 1.23 bits per heavy atom. The van der Waals surface area contributed by atoms with Crippen molar-refractivity contribution >= 4 is 34.3 Å². The largest absolute Gasteiger partial charge is 0.508 e. The van der Waals surface area contributed by atoms with Gasteiger partial charge in [-0.25, -0.2) is 9.79 Å². The van der Waals surface area contributed by atoms with Gasteiger partial charge in [-0.1, -0.05) is 12.1 Å². The molecule has 0 spiro atoms. The zero-order chi connectivity index (χ0) is 22.4. The Balaban J connectivity index is 2.09. The van der Waals surface area contributed by atoms with Crippen LogP contribution >= 0.6 is 11.8 Å². The average Bonchev–Trinajstić information content (AvgIpc) is 3.22. The topological polar surface area (TPSA) is 110 Å². The summed E-state index contributed by atoms with van der Waals surface area (Å²) in [6.45, 7) is 3.72. The summed E-state index contributed by atoms with van der Waals surface area (Å²) in [5.74, 6) is 1.09. The molecule has 0 saturated carbocycles. The second-order valence-electron chi connectivity index (χ2n) is 6.48. The number of aryl methyl sites for hydroxylation is 2. The van der Waals surface area contributed by atoms with Crippen LogP contribution < -0.4 is 0 Å². The molecule has 0 bridgehead atoms. The Bertz CT molecular complexity index is 1140. The van der Waals surface area contributed by atoms with Crippen LogP contribution in [0, 0.1) is 6.92 Å². The Hall–Kier alpha value is -3.46. The van der Waals surface area contributed by atoms with Gasteiger partial charge in [0.25, 0.3) is 0 Å². The van der Waals surface area contributed by atoms with Crippen molar-refractivity contribution in [2.75, 3.05) is 13.4 Å². The number of amides is 1. The summed E-state index contributed by atoms with van der Waals surface area (Å²) in [6.07, 6.45) is 1.80. The lowest BCUT2D eigenvalue weighted by atomic mass is 10.0. The van der Waals surface area contributed by atoms with Crippen molar-refractivity contribution in [3.05, 3.63) is 59.5 Å². The summed E-state index contributed by atoms with van der Waals surface area (Å²) >= 11 is 1.26. The van der Waals surface area contributed by atoms with Gasteiger partial charge in [0, 0.05) is 18.1 Å². The summed E-state index contributed by atoms with van der Waals surface area (Å²) < 4.78 is 9.71. The van der Waals surface area contributed by atoms with Gasteiger partial charge in [0.2, 0.25) is 11.7 Å². The lowest BCUT2D eigenvalue weighted by Gasteiger charge is -2.11. The smallest absolute Gasteiger partial charge is 0.434 e. The molecule has 1 aromatic heterocycles. The fourth-order valence-corrected chi connectivity index (χ4v) is 3.33. The van der Waals surface area contributed by atoms with Crippen LogP contribution in [-0.4, -0.2) is 45.5 Å². The number of ether oxygens (including phenoxy) is 1. The van der Waals surface area contributed by atoms with E-state index in [9.17, 15) is 9.90 Å². The first kappa shape index (κ1) is 22.2. The van der Waals surface area contributed by atoms with E-state index in [0.29, 0.717) is 33.7 Å². The molecule has 2 aromatic carbocycles. The molecule has 0 aliphatic carbocycles. The number of benzene rings is 2. The van der Waals surface area contributed by atoms with E-state index in [1.54, 1.807) is 37.4 Å². The molecular formula is C22H22N4O4S. The molecule has 0 unspecified atom stereocenters. The minimum Gasteiger partial charge on any atom is -0.508 e. The highest BCUT2D eigenvalue weighted by Gasteiger charge is 2.16. The summed E-state index contributed by atoms with van der Waals surface area (Å²) in [7, 11) is 1.27. The summed E-state index contributed by atoms with van der Waals surface area (Å²) in [5, 5.41) is 14.5. The van der Waals surface area contributed by atoms with E-state index in [1.165, 1.54) is 18.9 Å². The van der Waals surface area contributed by atoms with Gasteiger partial charge >= 0.3 is 6.09 Å². The fraction of sp³-hybridized carbons (Fsp3) is 0.227. The van der Waals surface area contributed by atoms with Crippen molar-refractivity contribution in [2.24, 2.45) is 9.98 Å². The minimum absolute atomic E-state index is 0.114. The first-order valence-electron chi connectivity index (χ1n) is 9.47. The maximum Gasteiger partial charge on any atom is 0.434 e. The molecule has 9 heteroatoms. The standard InChI is InChI=1S/C22H22N4O4S/c1-5-14-10-16(12-18(27)11-14)19(21(31-4)25-22(28)29-3)24-17-8-6-15(7-9-17)20-23-13(2)30-26-20/h6-12,27H,5H2,1-4H3. The normalized spacial score (nSPS) is 12.1. The number of methoxy groups -OCH3 is 1. The lowest BCUT2D eigenvalue weighted by molar-refractivity contribution is 0.183. The second-order valence-corrected chi connectivity index (χ2v) is 7.27. The van der Waals surface area contributed by atoms with Crippen LogP contribution in [-0.2, 0) is 11.2 Å². The van der Waals surface area contributed by atoms with E-state index in [1.807, 2.05) is 25.1 Å².